The summed E-state index contributed by atoms with van der Waals surface area (Å²) in [6.45, 7) is 3.47. The van der Waals surface area contributed by atoms with E-state index in [4.69, 9.17) is 13.9 Å². The van der Waals surface area contributed by atoms with Gasteiger partial charge < -0.3 is 24.3 Å². The van der Waals surface area contributed by atoms with Crippen molar-refractivity contribution in [2.45, 2.75) is 45.8 Å². The third-order valence-electron chi connectivity index (χ3n) is 6.92. The molecule has 4 atom stereocenters. The third-order valence-corrected chi connectivity index (χ3v) is 6.92. The molecular formula is C29H31NO7. The maximum atomic E-state index is 13.7. The number of carbonyl (C=O) groups excluding carboxylic acids is 2. The number of carboxylic acid groups (broad SMARTS) is 1. The van der Waals surface area contributed by atoms with Gasteiger partial charge in [0.15, 0.2) is 6.10 Å². The lowest BCUT2D eigenvalue weighted by molar-refractivity contribution is -0.193. The van der Waals surface area contributed by atoms with Gasteiger partial charge in [-0.15, -0.1) is 0 Å². The predicted molar refractivity (Wildman–Crippen MR) is 135 cm³/mol. The molecule has 4 rings (SSSR count). The van der Waals surface area contributed by atoms with Crippen LogP contribution >= 0.6 is 0 Å². The number of para-hydroxylation sites is 1. The molecule has 0 spiro atoms. The number of carboxylic acids is 1. The second-order valence-electron chi connectivity index (χ2n) is 9.37. The van der Waals surface area contributed by atoms with Crippen molar-refractivity contribution >= 4 is 17.8 Å². The van der Waals surface area contributed by atoms with Gasteiger partial charge >= 0.3 is 11.9 Å². The molecule has 1 heterocycles. The number of esters is 1. The van der Waals surface area contributed by atoms with Crippen LogP contribution in [0, 0.1) is 17.3 Å². The molecule has 0 aliphatic heterocycles. The average molecular weight is 506 g/mol. The summed E-state index contributed by atoms with van der Waals surface area (Å²) in [6, 6.07) is 20.1. The Morgan fingerprint density at radius 2 is 1.76 bits per heavy atom. The Labute approximate surface area is 215 Å². The van der Waals surface area contributed by atoms with Gasteiger partial charge in [-0.3, -0.25) is 14.4 Å². The molecular weight excluding hydrogens is 474 g/mol. The lowest BCUT2D eigenvalue weighted by Gasteiger charge is -2.54. The molecule has 1 aromatic heterocycles. The number of amides is 1. The van der Waals surface area contributed by atoms with E-state index in [1.807, 2.05) is 61.5 Å². The van der Waals surface area contributed by atoms with E-state index < -0.39 is 35.3 Å². The maximum Gasteiger partial charge on any atom is 0.307 e. The normalized spacial score (nSPS) is 21.4. The number of carbonyl (C=O) groups is 3. The van der Waals surface area contributed by atoms with Crippen LogP contribution in [0.4, 0.5) is 0 Å². The highest BCUT2D eigenvalue weighted by Gasteiger charge is 2.64. The second kappa shape index (κ2) is 11.3. The van der Waals surface area contributed by atoms with E-state index in [-0.39, 0.29) is 18.9 Å². The Kier molecular flexibility index (Phi) is 7.96. The number of ether oxygens (including phenoxy) is 2. The molecule has 2 aromatic carbocycles. The van der Waals surface area contributed by atoms with Gasteiger partial charge in [0.05, 0.1) is 17.6 Å². The van der Waals surface area contributed by atoms with Gasteiger partial charge in [-0.05, 0) is 54.8 Å². The van der Waals surface area contributed by atoms with Crippen LogP contribution in [0.25, 0.3) is 0 Å². The van der Waals surface area contributed by atoms with E-state index >= 15 is 0 Å². The first-order chi connectivity index (χ1) is 17.8. The molecule has 1 saturated carbocycles. The Morgan fingerprint density at radius 3 is 2.35 bits per heavy atom. The Morgan fingerprint density at radius 1 is 1.05 bits per heavy atom. The van der Waals surface area contributed by atoms with Crippen molar-refractivity contribution in [2.75, 3.05) is 0 Å². The van der Waals surface area contributed by atoms with Crippen LogP contribution < -0.4 is 10.1 Å². The minimum absolute atomic E-state index is 0.162. The summed E-state index contributed by atoms with van der Waals surface area (Å²) in [4.78, 5) is 37.7. The van der Waals surface area contributed by atoms with Crippen molar-refractivity contribution in [1.29, 1.82) is 0 Å². The molecule has 4 unspecified atom stereocenters. The van der Waals surface area contributed by atoms with Gasteiger partial charge in [0.25, 0.3) is 0 Å². The lowest BCUT2D eigenvalue weighted by atomic mass is 9.49. The topological polar surface area (TPSA) is 115 Å². The van der Waals surface area contributed by atoms with Crippen molar-refractivity contribution in [3.05, 3.63) is 84.3 Å². The van der Waals surface area contributed by atoms with E-state index in [0.29, 0.717) is 24.4 Å². The van der Waals surface area contributed by atoms with Gasteiger partial charge in [-0.25, -0.2) is 0 Å². The first-order valence-corrected chi connectivity index (χ1v) is 12.4. The molecule has 194 valence electrons. The summed E-state index contributed by atoms with van der Waals surface area (Å²) in [5.74, 6) is -1.73. The average Bonchev–Trinajstić information content (AvgIpc) is 3.40. The summed E-state index contributed by atoms with van der Waals surface area (Å²) >= 11 is 0. The van der Waals surface area contributed by atoms with Crippen molar-refractivity contribution in [1.82, 2.24) is 5.32 Å². The zero-order valence-electron chi connectivity index (χ0n) is 20.9. The number of benzene rings is 2. The third kappa shape index (κ3) is 5.69. The number of aliphatic carboxylic acids is 1. The number of rotatable bonds is 11. The van der Waals surface area contributed by atoms with Crippen LogP contribution in [0.3, 0.4) is 0 Å². The molecule has 0 saturated heterocycles. The number of hydrogen-bond donors (Lipinski definition) is 2. The summed E-state index contributed by atoms with van der Waals surface area (Å²) < 4.78 is 16.9. The molecule has 3 aromatic rings. The summed E-state index contributed by atoms with van der Waals surface area (Å²) in [7, 11) is 0. The first-order valence-electron chi connectivity index (χ1n) is 12.4. The van der Waals surface area contributed by atoms with E-state index in [2.05, 4.69) is 5.32 Å². The van der Waals surface area contributed by atoms with Gasteiger partial charge in [0, 0.05) is 19.4 Å². The van der Waals surface area contributed by atoms with E-state index in [1.165, 1.54) is 13.2 Å². The quantitative estimate of drug-likeness (QED) is 0.331. The van der Waals surface area contributed by atoms with Crippen LogP contribution in [0.2, 0.25) is 0 Å². The second-order valence-corrected chi connectivity index (χ2v) is 9.37. The molecule has 0 radical (unpaired) electrons. The standard InChI is InChI=1S/C29H31NO7/c1-3-15-29(17-23(27(32)33)25(29)26(36-19(2)31)24-10-7-16-35-24)28(34)30-18-20-11-13-22(14-12-20)37-21-8-5-4-6-9-21/h4-14,16,23,25-26H,3,15,17-18H2,1-2H3,(H,30,34)(H,32,33). The number of nitrogens with one attached hydrogen (secondary N) is 1. The minimum atomic E-state index is -1.03. The fourth-order valence-corrected chi connectivity index (χ4v) is 5.29. The van der Waals surface area contributed by atoms with Crippen molar-refractivity contribution in [3.63, 3.8) is 0 Å². The zero-order valence-corrected chi connectivity index (χ0v) is 20.9. The molecule has 1 aliphatic carbocycles. The molecule has 37 heavy (non-hydrogen) atoms. The Balaban J connectivity index is 1.51. The Bertz CT molecular complexity index is 1210. The molecule has 1 aliphatic rings. The van der Waals surface area contributed by atoms with Crippen LogP contribution in [-0.2, 0) is 25.7 Å². The maximum absolute atomic E-state index is 13.7. The molecule has 1 fully saturated rings. The van der Waals surface area contributed by atoms with Gasteiger partial charge in [-0.1, -0.05) is 43.7 Å². The lowest BCUT2D eigenvalue weighted by Crippen LogP contribution is -2.61. The highest BCUT2D eigenvalue weighted by Crippen LogP contribution is 2.60. The van der Waals surface area contributed by atoms with Crippen LogP contribution in [0.15, 0.2) is 77.4 Å². The molecule has 8 heteroatoms. The van der Waals surface area contributed by atoms with Crippen LogP contribution in [0.5, 0.6) is 11.5 Å². The summed E-state index contributed by atoms with van der Waals surface area (Å²) in [6.07, 6.45) is 1.73. The number of furan rings is 1. The summed E-state index contributed by atoms with van der Waals surface area (Å²) in [5.41, 5.74) is -0.144. The van der Waals surface area contributed by atoms with Crippen molar-refractivity contribution in [2.24, 2.45) is 17.3 Å². The fraction of sp³-hybridized carbons (Fsp3) is 0.345. The highest BCUT2D eigenvalue weighted by atomic mass is 16.6. The SMILES string of the molecule is CCCC1(C(=O)NCc2ccc(Oc3ccccc3)cc2)CC(C(=O)O)C1C(OC(C)=O)c1ccco1. The van der Waals surface area contributed by atoms with Crippen LogP contribution in [0.1, 0.15) is 50.5 Å². The van der Waals surface area contributed by atoms with E-state index in [1.54, 1.807) is 12.1 Å². The van der Waals surface area contributed by atoms with E-state index in [0.717, 1.165) is 11.3 Å². The molecule has 2 N–H and O–H groups in total. The van der Waals surface area contributed by atoms with Crippen molar-refractivity contribution in [3.8, 4) is 11.5 Å². The molecule has 1 amide bonds. The first kappa shape index (κ1) is 26.0. The monoisotopic (exact) mass is 505 g/mol. The van der Waals surface area contributed by atoms with Crippen LogP contribution in [-0.4, -0.2) is 23.0 Å². The fourth-order valence-electron chi connectivity index (χ4n) is 5.29. The smallest absolute Gasteiger partial charge is 0.307 e. The van der Waals surface area contributed by atoms with Gasteiger partial charge in [-0.2, -0.15) is 0 Å². The zero-order chi connectivity index (χ0) is 26.4. The summed E-state index contributed by atoms with van der Waals surface area (Å²) in [5, 5.41) is 12.9. The molecule has 8 nitrogen and oxygen atoms in total. The number of hydrogen-bond acceptors (Lipinski definition) is 6. The molecule has 0 bridgehead atoms. The largest absolute Gasteiger partial charge is 0.481 e. The van der Waals surface area contributed by atoms with E-state index in [9.17, 15) is 19.5 Å². The van der Waals surface area contributed by atoms with Crippen molar-refractivity contribution < 1.29 is 33.4 Å². The van der Waals surface area contributed by atoms with Gasteiger partial charge in [0.2, 0.25) is 5.91 Å². The Hall–Kier alpha value is -4.07. The highest BCUT2D eigenvalue weighted by molar-refractivity contribution is 5.87. The van der Waals surface area contributed by atoms with Gasteiger partial charge in [0.1, 0.15) is 17.3 Å². The minimum Gasteiger partial charge on any atom is -0.481 e. The predicted octanol–water partition coefficient (Wildman–Crippen LogP) is 5.50.